The first-order valence-electron chi connectivity index (χ1n) is 10.4. The Kier molecular flexibility index (Phi) is 6.95. The van der Waals surface area contributed by atoms with Crippen LogP contribution in [0.25, 0.3) is 5.69 Å². The molecule has 2 amide bonds. The number of benzene rings is 1. The van der Waals surface area contributed by atoms with E-state index in [0.717, 1.165) is 24.1 Å². The average Bonchev–Trinajstić information content (AvgIpc) is 2.99. The Hall–Kier alpha value is -3.05. The monoisotopic (exact) mass is 410 g/mol. The molecule has 0 bridgehead atoms. The number of urea groups is 1. The molecule has 1 heterocycles. The summed E-state index contributed by atoms with van der Waals surface area (Å²) in [5, 5.41) is 19.8. The lowest BCUT2D eigenvalue weighted by molar-refractivity contribution is -0.0475. The largest absolute Gasteiger partial charge is 0.382 e. The van der Waals surface area contributed by atoms with Gasteiger partial charge in [-0.25, -0.2) is 9.48 Å². The molecule has 1 saturated carbocycles. The number of nitrogens with one attached hydrogen (secondary N) is 2. The molecular formula is C22H30N6O2. The van der Waals surface area contributed by atoms with Crippen molar-refractivity contribution in [3.63, 3.8) is 0 Å². The molecular weight excluding hydrogens is 380 g/mol. The molecule has 4 N–H and O–H groups in total. The van der Waals surface area contributed by atoms with Crippen molar-refractivity contribution in [2.75, 3.05) is 12.3 Å². The molecule has 8 heteroatoms. The number of rotatable bonds is 8. The molecule has 1 aromatic carbocycles. The number of hydrogen-bond donors (Lipinski definition) is 3. The molecule has 0 unspecified atom stereocenters. The standard InChI is InChI=1S/C22H30N6O2/c1-14(2)30-18-11-16(12-18)26-22(29)25-10-4-5-20-19(13-23)21(24)28(27-20)17-8-6-15(3)7-9-17/h6-9,14,16,18H,4-5,10-12,24H2,1-3H3,(H2,25,26,29). The average molecular weight is 411 g/mol. The van der Waals surface area contributed by atoms with Crippen molar-refractivity contribution in [3.8, 4) is 11.8 Å². The van der Waals surface area contributed by atoms with Gasteiger partial charge in [-0.05, 0) is 58.6 Å². The lowest BCUT2D eigenvalue weighted by Crippen LogP contribution is -2.51. The topological polar surface area (TPSA) is 118 Å². The van der Waals surface area contributed by atoms with E-state index in [2.05, 4.69) is 21.8 Å². The first-order valence-corrected chi connectivity index (χ1v) is 10.4. The van der Waals surface area contributed by atoms with Crippen molar-refractivity contribution in [3.05, 3.63) is 41.1 Å². The van der Waals surface area contributed by atoms with Crippen molar-refractivity contribution in [1.82, 2.24) is 20.4 Å². The number of carbonyl (C=O) groups is 1. The van der Waals surface area contributed by atoms with Crippen LogP contribution in [-0.2, 0) is 11.2 Å². The Balaban J connectivity index is 1.46. The second-order valence-corrected chi connectivity index (χ2v) is 8.05. The highest BCUT2D eigenvalue weighted by Gasteiger charge is 2.31. The van der Waals surface area contributed by atoms with E-state index in [1.807, 2.05) is 45.0 Å². The predicted octanol–water partition coefficient (Wildman–Crippen LogP) is 2.82. The van der Waals surface area contributed by atoms with Gasteiger partial charge in [0, 0.05) is 12.6 Å². The number of amides is 2. The Morgan fingerprint density at radius 3 is 2.70 bits per heavy atom. The Morgan fingerprint density at radius 1 is 1.37 bits per heavy atom. The third kappa shape index (κ3) is 5.30. The Bertz CT molecular complexity index is 907. The molecule has 0 atom stereocenters. The SMILES string of the molecule is Cc1ccc(-n2nc(CCCNC(=O)NC3CC(OC(C)C)C3)c(C#N)c2N)cc1. The minimum absolute atomic E-state index is 0.170. The normalized spacial score (nSPS) is 18.0. The molecule has 30 heavy (non-hydrogen) atoms. The van der Waals surface area contributed by atoms with E-state index >= 15 is 0 Å². The van der Waals surface area contributed by atoms with Crippen LogP contribution in [0.4, 0.5) is 10.6 Å². The first-order chi connectivity index (χ1) is 14.4. The van der Waals surface area contributed by atoms with Gasteiger partial charge in [0.25, 0.3) is 0 Å². The lowest BCUT2D eigenvalue weighted by atomic mass is 9.89. The van der Waals surface area contributed by atoms with Crippen LogP contribution in [-0.4, -0.2) is 40.6 Å². The summed E-state index contributed by atoms with van der Waals surface area (Å²) in [6.07, 6.45) is 3.39. The molecule has 160 valence electrons. The summed E-state index contributed by atoms with van der Waals surface area (Å²) >= 11 is 0. The molecule has 0 aliphatic heterocycles. The van der Waals surface area contributed by atoms with Crippen molar-refractivity contribution < 1.29 is 9.53 Å². The quantitative estimate of drug-likeness (QED) is 0.578. The predicted molar refractivity (Wildman–Crippen MR) is 115 cm³/mol. The van der Waals surface area contributed by atoms with Crippen LogP contribution >= 0.6 is 0 Å². The highest BCUT2D eigenvalue weighted by Crippen LogP contribution is 2.24. The number of nitrogen functional groups attached to an aromatic ring is 1. The van der Waals surface area contributed by atoms with E-state index in [-0.39, 0.29) is 24.3 Å². The number of hydrogen-bond acceptors (Lipinski definition) is 5. The van der Waals surface area contributed by atoms with E-state index in [1.165, 1.54) is 0 Å². The number of nitrogens with two attached hydrogens (primary N) is 1. The summed E-state index contributed by atoms with van der Waals surface area (Å²) in [5.41, 5.74) is 9.14. The molecule has 0 radical (unpaired) electrons. The zero-order valence-corrected chi connectivity index (χ0v) is 17.8. The molecule has 0 saturated heterocycles. The van der Waals surface area contributed by atoms with Gasteiger partial charge < -0.3 is 21.1 Å². The molecule has 1 aliphatic carbocycles. The van der Waals surface area contributed by atoms with E-state index in [1.54, 1.807) is 4.68 Å². The third-order valence-corrected chi connectivity index (χ3v) is 5.15. The zero-order valence-electron chi connectivity index (χ0n) is 17.8. The molecule has 1 fully saturated rings. The van der Waals surface area contributed by atoms with Gasteiger partial charge in [0.2, 0.25) is 0 Å². The first kappa shape index (κ1) is 21.7. The van der Waals surface area contributed by atoms with E-state index < -0.39 is 0 Å². The van der Waals surface area contributed by atoms with Gasteiger partial charge in [0.05, 0.1) is 23.6 Å². The summed E-state index contributed by atoms with van der Waals surface area (Å²) in [4.78, 5) is 12.0. The second kappa shape index (κ2) is 9.63. The van der Waals surface area contributed by atoms with E-state index in [4.69, 9.17) is 10.5 Å². The summed E-state index contributed by atoms with van der Waals surface area (Å²) in [6, 6.07) is 9.95. The number of aryl methyl sites for hydroxylation is 2. The highest BCUT2D eigenvalue weighted by molar-refractivity contribution is 5.74. The van der Waals surface area contributed by atoms with Crippen LogP contribution in [0, 0.1) is 18.3 Å². The van der Waals surface area contributed by atoms with Crippen molar-refractivity contribution in [2.24, 2.45) is 0 Å². The Morgan fingerprint density at radius 2 is 2.07 bits per heavy atom. The van der Waals surface area contributed by atoms with Crippen LogP contribution in [0.2, 0.25) is 0 Å². The molecule has 0 spiro atoms. The van der Waals surface area contributed by atoms with Crippen LogP contribution in [0.3, 0.4) is 0 Å². The number of aromatic nitrogens is 2. The van der Waals surface area contributed by atoms with Gasteiger partial charge in [0.1, 0.15) is 17.5 Å². The van der Waals surface area contributed by atoms with Crippen LogP contribution < -0.4 is 16.4 Å². The second-order valence-electron chi connectivity index (χ2n) is 8.05. The Labute approximate surface area is 177 Å². The van der Waals surface area contributed by atoms with Gasteiger partial charge in [-0.2, -0.15) is 10.4 Å². The van der Waals surface area contributed by atoms with Gasteiger partial charge in [-0.3, -0.25) is 0 Å². The number of ether oxygens (including phenoxy) is 1. The number of nitriles is 1. The molecule has 3 rings (SSSR count). The van der Waals surface area contributed by atoms with Gasteiger partial charge in [-0.15, -0.1) is 0 Å². The number of nitrogens with zero attached hydrogens (tertiary/aromatic N) is 3. The van der Waals surface area contributed by atoms with Crippen molar-refractivity contribution in [2.45, 2.75) is 64.7 Å². The van der Waals surface area contributed by atoms with Crippen LogP contribution in [0.1, 0.15) is 49.9 Å². The maximum Gasteiger partial charge on any atom is 0.315 e. The van der Waals surface area contributed by atoms with Crippen LogP contribution in [0.5, 0.6) is 0 Å². The summed E-state index contributed by atoms with van der Waals surface area (Å²) < 4.78 is 7.30. The molecule has 2 aromatic rings. The smallest absolute Gasteiger partial charge is 0.315 e. The maximum atomic E-state index is 12.0. The van der Waals surface area contributed by atoms with Crippen LogP contribution in [0.15, 0.2) is 24.3 Å². The fourth-order valence-electron chi connectivity index (χ4n) is 3.53. The van der Waals surface area contributed by atoms with E-state index in [9.17, 15) is 10.1 Å². The summed E-state index contributed by atoms with van der Waals surface area (Å²) in [7, 11) is 0. The fourth-order valence-corrected chi connectivity index (χ4v) is 3.53. The minimum atomic E-state index is -0.173. The van der Waals surface area contributed by atoms with E-state index in [0.29, 0.717) is 36.5 Å². The zero-order chi connectivity index (χ0) is 21.7. The highest BCUT2D eigenvalue weighted by atomic mass is 16.5. The van der Waals surface area contributed by atoms with Gasteiger partial charge >= 0.3 is 6.03 Å². The van der Waals surface area contributed by atoms with Crippen molar-refractivity contribution in [1.29, 1.82) is 5.26 Å². The van der Waals surface area contributed by atoms with Gasteiger partial charge in [0.15, 0.2) is 0 Å². The fraction of sp³-hybridized carbons (Fsp3) is 0.500. The third-order valence-electron chi connectivity index (χ3n) is 5.15. The lowest BCUT2D eigenvalue weighted by Gasteiger charge is -2.36. The van der Waals surface area contributed by atoms with Gasteiger partial charge in [-0.1, -0.05) is 17.7 Å². The van der Waals surface area contributed by atoms with Crippen molar-refractivity contribution >= 4 is 11.8 Å². The minimum Gasteiger partial charge on any atom is -0.382 e. The summed E-state index contributed by atoms with van der Waals surface area (Å²) in [6.45, 7) is 6.53. The molecule has 1 aliphatic rings. The number of anilines is 1. The molecule has 8 nitrogen and oxygen atoms in total. The summed E-state index contributed by atoms with van der Waals surface area (Å²) in [5.74, 6) is 0.338. The molecule has 1 aromatic heterocycles. The maximum absolute atomic E-state index is 12.0. The number of carbonyl (C=O) groups excluding carboxylic acids is 1.